The quantitative estimate of drug-likeness (QED) is 0.479. The molecule has 0 radical (unpaired) electrons. The highest BCUT2D eigenvalue weighted by atomic mass is 32.2. The number of hydrogen-bond acceptors (Lipinski definition) is 8. The molecule has 4 aliphatic carbocycles. The van der Waals surface area contributed by atoms with E-state index in [2.05, 4.69) is 0 Å². The molecule has 6 fully saturated rings. The minimum atomic E-state index is -4.01. The zero-order valence-electron chi connectivity index (χ0n) is 14.4. The van der Waals surface area contributed by atoms with Gasteiger partial charge in [-0.05, 0) is 50.4 Å². The molecule has 144 valence electrons. The Balaban J connectivity index is 1.52. The molecule has 0 aromatic heterocycles. The number of esters is 4. The molecule has 0 aromatic carbocycles. The van der Waals surface area contributed by atoms with Gasteiger partial charge < -0.3 is 9.47 Å². The summed E-state index contributed by atoms with van der Waals surface area (Å²) >= 11 is 0. The van der Waals surface area contributed by atoms with E-state index in [-0.39, 0.29) is 24.7 Å². The summed E-state index contributed by atoms with van der Waals surface area (Å²) in [5, 5.41) is 0. The highest BCUT2D eigenvalue weighted by molar-refractivity contribution is 7.94. The van der Waals surface area contributed by atoms with Crippen LogP contribution in [0.2, 0.25) is 0 Å². The second-order valence-electron chi connectivity index (χ2n) is 9.13. The lowest BCUT2D eigenvalue weighted by Crippen LogP contribution is -2.57. The predicted octanol–water partition coefficient (Wildman–Crippen LogP) is 0.138. The number of sulfone groups is 1. The second-order valence-corrected chi connectivity index (χ2v) is 11.8. The van der Waals surface area contributed by atoms with Crippen LogP contribution in [0.3, 0.4) is 0 Å². The third kappa shape index (κ3) is 1.47. The molecule has 9 heteroatoms. The molecule has 4 saturated carbocycles. The number of fused-ring (bicyclic) bond motifs is 10. The average molecular weight is 394 g/mol. The van der Waals surface area contributed by atoms with E-state index in [1.807, 2.05) is 0 Å². The van der Waals surface area contributed by atoms with Crippen molar-refractivity contribution in [2.45, 2.75) is 48.0 Å². The lowest BCUT2D eigenvalue weighted by atomic mass is 9.80. The van der Waals surface area contributed by atoms with Crippen LogP contribution in [-0.2, 0) is 38.5 Å². The molecule has 8 nitrogen and oxygen atoms in total. The van der Waals surface area contributed by atoms with Crippen LogP contribution in [-0.4, -0.2) is 41.8 Å². The molecule has 6 rings (SSSR count). The zero-order chi connectivity index (χ0) is 18.9. The molecule has 0 aromatic rings. The molecule has 0 spiro atoms. The van der Waals surface area contributed by atoms with Gasteiger partial charge in [-0.3, -0.25) is 19.2 Å². The Kier molecular flexibility index (Phi) is 2.67. The summed E-state index contributed by atoms with van der Waals surface area (Å²) in [6.45, 7) is 0. The molecular weight excluding hydrogens is 376 g/mol. The van der Waals surface area contributed by atoms with E-state index in [0.29, 0.717) is 25.7 Å². The van der Waals surface area contributed by atoms with Gasteiger partial charge in [0.05, 0.1) is 33.2 Å². The number of carbonyl (C=O) groups excluding carboxylic acids is 4. The van der Waals surface area contributed by atoms with E-state index in [1.165, 1.54) is 0 Å². The SMILES string of the molecule is O=C1OC(=O)C2C1C1CCC2(S(=O)(=O)C23CCC(C2)C2C(=O)OC(=O)C23)C1. The molecular formula is C18H18O8S. The minimum absolute atomic E-state index is 0.174. The molecule has 27 heavy (non-hydrogen) atoms. The van der Waals surface area contributed by atoms with Gasteiger partial charge in [0.15, 0.2) is 9.84 Å². The van der Waals surface area contributed by atoms with Crippen LogP contribution in [0, 0.1) is 35.5 Å². The standard InChI is InChI=1S/C18H18O8S/c19-13-9-7-1-3-17(5-7,11(9)15(21)25-13)27(23,24)18-4-2-8(6-18)10-12(18)16(22)26-14(10)20/h7-12H,1-6H2. The first-order valence-electron chi connectivity index (χ1n) is 9.49. The molecule has 6 aliphatic rings. The van der Waals surface area contributed by atoms with E-state index in [0.717, 1.165) is 0 Å². The van der Waals surface area contributed by atoms with E-state index in [1.54, 1.807) is 0 Å². The summed E-state index contributed by atoms with van der Waals surface area (Å²) in [4.78, 5) is 49.1. The van der Waals surface area contributed by atoms with E-state index >= 15 is 0 Å². The fourth-order valence-corrected chi connectivity index (χ4v) is 11.2. The van der Waals surface area contributed by atoms with Crippen LogP contribution in [0.5, 0.6) is 0 Å². The number of rotatable bonds is 2. The van der Waals surface area contributed by atoms with Crippen LogP contribution >= 0.6 is 0 Å². The van der Waals surface area contributed by atoms with Gasteiger partial charge in [-0.1, -0.05) is 0 Å². The van der Waals surface area contributed by atoms with Crippen molar-refractivity contribution >= 4 is 33.7 Å². The lowest BCUT2D eigenvalue weighted by molar-refractivity contribution is -0.156. The zero-order valence-corrected chi connectivity index (χ0v) is 15.2. The maximum absolute atomic E-state index is 14.1. The van der Waals surface area contributed by atoms with Gasteiger partial charge in [-0.2, -0.15) is 0 Å². The third-order valence-electron chi connectivity index (χ3n) is 8.48. The lowest BCUT2D eigenvalue weighted by Gasteiger charge is -2.42. The van der Waals surface area contributed by atoms with Crippen molar-refractivity contribution in [3.63, 3.8) is 0 Å². The van der Waals surface area contributed by atoms with Crippen molar-refractivity contribution in [2.24, 2.45) is 35.5 Å². The van der Waals surface area contributed by atoms with Crippen molar-refractivity contribution in [3.8, 4) is 0 Å². The van der Waals surface area contributed by atoms with Crippen molar-refractivity contribution in [3.05, 3.63) is 0 Å². The normalized spacial score (nSPS) is 52.3. The van der Waals surface area contributed by atoms with Crippen LogP contribution in [0.25, 0.3) is 0 Å². The van der Waals surface area contributed by atoms with Crippen molar-refractivity contribution in [1.29, 1.82) is 0 Å². The van der Waals surface area contributed by atoms with Gasteiger partial charge in [-0.25, -0.2) is 8.42 Å². The van der Waals surface area contributed by atoms with Gasteiger partial charge in [0.1, 0.15) is 0 Å². The van der Waals surface area contributed by atoms with Crippen molar-refractivity contribution in [2.75, 3.05) is 0 Å². The van der Waals surface area contributed by atoms with Gasteiger partial charge in [0, 0.05) is 0 Å². The van der Waals surface area contributed by atoms with Crippen LogP contribution in [0.15, 0.2) is 0 Å². The monoisotopic (exact) mass is 394 g/mol. The maximum Gasteiger partial charge on any atom is 0.319 e. The number of hydrogen-bond donors (Lipinski definition) is 0. The van der Waals surface area contributed by atoms with E-state index in [9.17, 15) is 27.6 Å². The highest BCUT2D eigenvalue weighted by Crippen LogP contribution is 2.69. The Morgan fingerprint density at radius 2 is 1.11 bits per heavy atom. The van der Waals surface area contributed by atoms with Crippen molar-refractivity contribution in [1.82, 2.24) is 0 Å². The van der Waals surface area contributed by atoms with Gasteiger partial charge in [0.25, 0.3) is 0 Å². The molecule has 0 N–H and O–H groups in total. The first kappa shape index (κ1) is 16.2. The first-order chi connectivity index (χ1) is 12.7. The molecule has 4 bridgehead atoms. The van der Waals surface area contributed by atoms with Crippen LogP contribution in [0.4, 0.5) is 0 Å². The largest absolute Gasteiger partial charge is 0.393 e. The smallest absolute Gasteiger partial charge is 0.319 e. The average Bonchev–Trinajstić information content (AvgIpc) is 3.40. The Morgan fingerprint density at radius 1 is 0.704 bits per heavy atom. The number of ether oxygens (including phenoxy) is 2. The maximum atomic E-state index is 14.1. The molecule has 0 amide bonds. The van der Waals surface area contributed by atoms with Crippen LogP contribution in [0.1, 0.15) is 38.5 Å². The highest BCUT2D eigenvalue weighted by Gasteiger charge is 2.80. The van der Waals surface area contributed by atoms with Gasteiger partial charge >= 0.3 is 23.9 Å². The Labute approximate surface area is 154 Å². The fraction of sp³-hybridized carbons (Fsp3) is 0.778. The number of cyclic esters (lactones) is 4. The Morgan fingerprint density at radius 3 is 1.52 bits per heavy atom. The summed E-state index contributed by atoms with van der Waals surface area (Å²) in [5.74, 6) is -6.42. The second kappa shape index (κ2) is 4.45. The predicted molar refractivity (Wildman–Crippen MR) is 85.2 cm³/mol. The third-order valence-corrected chi connectivity index (χ3v) is 11.9. The van der Waals surface area contributed by atoms with Crippen LogP contribution < -0.4 is 0 Å². The summed E-state index contributed by atoms with van der Waals surface area (Å²) in [5.41, 5.74) is 0. The molecule has 2 heterocycles. The Bertz CT molecular complexity index is 882. The number of carbonyl (C=O) groups is 4. The Hall–Kier alpha value is -1.77. The van der Waals surface area contributed by atoms with Gasteiger partial charge in [0.2, 0.25) is 0 Å². The molecule has 8 atom stereocenters. The summed E-state index contributed by atoms with van der Waals surface area (Å²) < 4.78 is 35.2. The topological polar surface area (TPSA) is 121 Å². The molecule has 2 aliphatic heterocycles. The first-order valence-corrected chi connectivity index (χ1v) is 11.0. The van der Waals surface area contributed by atoms with E-state index < -0.39 is 66.9 Å². The summed E-state index contributed by atoms with van der Waals surface area (Å²) in [6.07, 6.45) is 2.24. The summed E-state index contributed by atoms with van der Waals surface area (Å²) in [7, 11) is -4.01. The summed E-state index contributed by atoms with van der Waals surface area (Å²) in [6, 6.07) is 0. The molecule has 8 unspecified atom stereocenters. The fourth-order valence-electron chi connectivity index (χ4n) is 7.60. The van der Waals surface area contributed by atoms with E-state index in [4.69, 9.17) is 9.47 Å². The van der Waals surface area contributed by atoms with Gasteiger partial charge in [-0.15, -0.1) is 0 Å². The minimum Gasteiger partial charge on any atom is -0.393 e. The van der Waals surface area contributed by atoms with Crippen molar-refractivity contribution < 1.29 is 37.1 Å². The molecule has 2 saturated heterocycles.